The number of esters is 5. The summed E-state index contributed by atoms with van der Waals surface area (Å²) in [5, 5.41) is 0. The minimum atomic E-state index is -1.32. The molecule has 0 bridgehead atoms. The van der Waals surface area contributed by atoms with Gasteiger partial charge in [-0.05, 0) is 98.1 Å². The summed E-state index contributed by atoms with van der Waals surface area (Å²) in [6.07, 6.45) is 12.3. The van der Waals surface area contributed by atoms with Crippen LogP contribution in [0.5, 0.6) is 0 Å². The molecule has 9 aliphatic rings. The number of rotatable bonds is 7. The molecule has 74 heavy (non-hydrogen) atoms. The van der Waals surface area contributed by atoms with Gasteiger partial charge in [0.1, 0.15) is 30.0 Å². The molecule has 2 aromatic rings. The average molecular weight is 1020 g/mol. The first-order valence-electron chi connectivity index (χ1n) is 26.0. The van der Waals surface area contributed by atoms with Gasteiger partial charge in [0.25, 0.3) is 0 Å². The first-order chi connectivity index (χ1) is 34.7. The molecule has 1 spiro atoms. The number of ketones is 2. The Hall–Kier alpha value is -5.61. The molecule has 0 amide bonds. The van der Waals surface area contributed by atoms with E-state index in [2.05, 4.69) is 33.8 Å². The van der Waals surface area contributed by atoms with Gasteiger partial charge in [0.15, 0.2) is 17.7 Å². The lowest BCUT2D eigenvalue weighted by molar-refractivity contribution is -0.251. The summed E-state index contributed by atoms with van der Waals surface area (Å²) in [4.78, 5) is 91.5. The summed E-state index contributed by atoms with van der Waals surface area (Å²) < 4.78 is 52.4. The van der Waals surface area contributed by atoms with Crippen molar-refractivity contribution in [3.8, 4) is 0 Å². The Morgan fingerprint density at radius 2 is 1.41 bits per heavy atom. The van der Waals surface area contributed by atoms with E-state index in [0.717, 1.165) is 35.1 Å². The minimum Gasteiger partial charge on any atom is -0.472 e. The van der Waals surface area contributed by atoms with Crippen LogP contribution in [0.3, 0.4) is 0 Å². The topological polar surface area (TPSA) is 214 Å². The number of fused-ring (bicyclic) bond motifs is 7. The van der Waals surface area contributed by atoms with Crippen LogP contribution >= 0.6 is 0 Å². The number of allylic oxidation sites excluding steroid dienone is 4. The van der Waals surface area contributed by atoms with Gasteiger partial charge in [-0.1, -0.05) is 66.2 Å². The fraction of sp³-hybridized carbons (Fsp3) is 0.638. The molecular weight excluding hydrogens is 953 g/mol. The predicted octanol–water partition coefficient (Wildman–Crippen LogP) is 8.48. The third kappa shape index (κ3) is 6.60. The van der Waals surface area contributed by atoms with Gasteiger partial charge in [-0.25, -0.2) is 4.79 Å². The first-order valence-corrected chi connectivity index (χ1v) is 26.0. The summed E-state index contributed by atoms with van der Waals surface area (Å²) in [5.74, 6) is -3.87. The van der Waals surface area contributed by atoms with E-state index < -0.39 is 98.4 Å². The fourth-order valence-electron chi connectivity index (χ4n) is 17.8. The third-order valence-electron chi connectivity index (χ3n) is 21.0. The van der Waals surface area contributed by atoms with E-state index in [1.165, 1.54) is 40.2 Å². The fourth-order valence-corrected chi connectivity index (χ4v) is 17.8. The normalized spacial score (nSPS) is 44.6. The molecule has 398 valence electrons. The van der Waals surface area contributed by atoms with Crippen molar-refractivity contribution < 1.29 is 75.6 Å². The van der Waals surface area contributed by atoms with Crippen molar-refractivity contribution in [1.82, 2.24) is 0 Å². The molecule has 6 fully saturated rings. The molecule has 6 aliphatic carbocycles. The number of ether oxygens (including phenoxy) is 7. The quantitative estimate of drug-likeness (QED) is 0.110. The average Bonchev–Trinajstić information content (AvgIpc) is 3.78. The van der Waals surface area contributed by atoms with Crippen LogP contribution in [0.4, 0.5) is 0 Å². The van der Waals surface area contributed by atoms with Crippen LogP contribution in [-0.2, 0) is 66.7 Å². The molecule has 16 heteroatoms. The molecule has 3 saturated carbocycles. The zero-order valence-electron chi connectivity index (χ0n) is 44.7. The standard InChI is InChI=1S/C30H36O9.C28H34O7/c1-15-18(17-9-11-37-14-17)12-19-23(15)30(5)20(13-22(33)35-6)29(4)21(32)8-10-28(3,27(34)36-7)25(29)24(26(30)39-19)38-16(2)31;1-15(29)33-20-13-18-24(2,3)19(30)8-10-25(18,4)17-7-11-26(5)21(16-9-12-32-14-16)34-23(31)22-28(26,35-22)27(17,20)6/h8-11,14,18-20,24-26H,12-13H2,1-7H3;8-10,12,14,17-18,20-22H,7,11,13H2,1-6H3/t18-,19-,20-,24-,25+,26-,28-,29+,30-;17-,18+,20-,21+,22-,25-,26+,27+,28-/m11/s1. The van der Waals surface area contributed by atoms with Crippen LogP contribution in [-0.4, -0.2) is 91.8 Å². The number of methoxy groups -OCH3 is 2. The maximum absolute atomic E-state index is 14.0. The lowest BCUT2D eigenvalue weighted by Gasteiger charge is -2.68. The highest BCUT2D eigenvalue weighted by molar-refractivity contribution is 6.00. The molecule has 3 aliphatic heterocycles. The molecule has 2 aromatic heterocycles. The van der Waals surface area contributed by atoms with Gasteiger partial charge in [0, 0.05) is 58.3 Å². The third-order valence-corrected chi connectivity index (χ3v) is 21.0. The van der Waals surface area contributed by atoms with E-state index in [1.54, 1.807) is 45.0 Å². The van der Waals surface area contributed by atoms with E-state index in [1.807, 2.05) is 32.9 Å². The monoisotopic (exact) mass is 1020 g/mol. The number of epoxide rings is 1. The molecule has 5 heterocycles. The second kappa shape index (κ2) is 16.9. The number of carbonyl (C=O) groups excluding carboxylic acids is 7. The van der Waals surface area contributed by atoms with Crippen LogP contribution in [0.2, 0.25) is 0 Å². The second-order valence-corrected chi connectivity index (χ2v) is 24.5. The highest BCUT2D eigenvalue weighted by Gasteiger charge is 2.88. The van der Waals surface area contributed by atoms with Gasteiger partial charge in [0.2, 0.25) is 0 Å². The SMILES string of the molecule is CC(=O)O[C@@H]1C[C@H]2C(C)(C)C(=O)C=C[C@]2(C)[C@H]2CC[C@@]3(C)[C@H](c4ccoc4)OC(=O)[C@H]4O[C@]43[C@@]21C.COC(=O)C[C@H]1[C@]2(C)C3=C(C)[C@H](c4ccoc4)C[C@H]3O[C@@H]2[C@H](OC(C)=O)[C@@H]2[C@]1(C)C(=O)C=C[C@@]2(C)C(=O)OC. The minimum absolute atomic E-state index is 0.00639. The molecule has 0 radical (unpaired) electrons. The Balaban J connectivity index is 0.000000170. The molecule has 3 saturated heterocycles. The van der Waals surface area contributed by atoms with E-state index in [4.69, 9.17) is 42.0 Å². The Kier molecular flexibility index (Phi) is 11.9. The van der Waals surface area contributed by atoms with E-state index in [0.29, 0.717) is 12.8 Å². The highest BCUT2D eigenvalue weighted by atomic mass is 16.7. The number of hydrogen-bond donors (Lipinski definition) is 0. The molecular formula is C58H70O16. The predicted molar refractivity (Wildman–Crippen MR) is 261 cm³/mol. The van der Waals surface area contributed by atoms with Crippen molar-refractivity contribution >= 4 is 41.4 Å². The smallest absolute Gasteiger partial charge is 0.339 e. The lowest BCUT2D eigenvalue weighted by Crippen LogP contribution is -2.72. The summed E-state index contributed by atoms with van der Waals surface area (Å²) in [6, 6.07) is 3.77. The van der Waals surface area contributed by atoms with Crippen LogP contribution in [0.25, 0.3) is 0 Å². The van der Waals surface area contributed by atoms with Gasteiger partial charge < -0.3 is 42.0 Å². The Morgan fingerprint density at radius 3 is 2.01 bits per heavy atom. The van der Waals surface area contributed by atoms with Gasteiger partial charge in [0.05, 0.1) is 57.2 Å². The van der Waals surface area contributed by atoms with E-state index in [9.17, 15) is 33.6 Å². The second-order valence-electron chi connectivity index (χ2n) is 24.5. The highest BCUT2D eigenvalue weighted by Crippen LogP contribution is 2.80. The zero-order chi connectivity index (χ0) is 53.7. The molecule has 0 N–H and O–H groups in total. The number of hydrogen-bond acceptors (Lipinski definition) is 16. The molecule has 0 unspecified atom stereocenters. The van der Waals surface area contributed by atoms with Crippen LogP contribution < -0.4 is 0 Å². The maximum Gasteiger partial charge on any atom is 0.339 e. The first kappa shape index (κ1) is 51.9. The van der Waals surface area contributed by atoms with Crippen molar-refractivity contribution in [2.75, 3.05) is 14.2 Å². The van der Waals surface area contributed by atoms with Crippen molar-refractivity contribution in [3.63, 3.8) is 0 Å². The molecule has 0 aromatic carbocycles. The van der Waals surface area contributed by atoms with Crippen molar-refractivity contribution in [1.29, 1.82) is 0 Å². The largest absolute Gasteiger partial charge is 0.472 e. The van der Waals surface area contributed by atoms with Gasteiger partial charge >= 0.3 is 29.8 Å². The molecule has 16 nitrogen and oxygen atoms in total. The number of furan rings is 2. The van der Waals surface area contributed by atoms with E-state index in [-0.39, 0.29) is 59.2 Å². The van der Waals surface area contributed by atoms with Crippen LogP contribution in [0.1, 0.15) is 131 Å². The van der Waals surface area contributed by atoms with Crippen molar-refractivity contribution in [2.24, 2.45) is 61.6 Å². The van der Waals surface area contributed by atoms with Crippen LogP contribution in [0, 0.1) is 61.6 Å². The Morgan fingerprint density at radius 1 is 0.757 bits per heavy atom. The van der Waals surface area contributed by atoms with Gasteiger partial charge in [-0.15, -0.1) is 0 Å². The summed E-state index contributed by atoms with van der Waals surface area (Å²) >= 11 is 0. The Bertz CT molecular complexity index is 2800. The summed E-state index contributed by atoms with van der Waals surface area (Å²) in [5.41, 5.74) is -2.54. The lowest BCUT2D eigenvalue weighted by atomic mass is 9.35. The zero-order valence-corrected chi connectivity index (χ0v) is 44.7. The molecule has 11 rings (SSSR count). The van der Waals surface area contributed by atoms with E-state index >= 15 is 0 Å². The van der Waals surface area contributed by atoms with Crippen molar-refractivity contribution in [2.45, 2.75) is 156 Å². The van der Waals surface area contributed by atoms with Gasteiger partial charge in [-0.2, -0.15) is 0 Å². The summed E-state index contributed by atoms with van der Waals surface area (Å²) in [6.45, 7) is 20.8. The van der Waals surface area contributed by atoms with Crippen molar-refractivity contribution in [3.05, 3.63) is 83.8 Å². The summed E-state index contributed by atoms with van der Waals surface area (Å²) in [7, 11) is 2.60. The Labute approximate surface area is 431 Å². The molecule has 18 atom stereocenters. The number of cyclic esters (lactones) is 1. The maximum atomic E-state index is 14.0. The van der Waals surface area contributed by atoms with Gasteiger partial charge in [-0.3, -0.25) is 28.8 Å². The number of carbonyl (C=O) groups is 7. The van der Waals surface area contributed by atoms with Crippen LogP contribution in [0.15, 0.2) is 81.5 Å².